The van der Waals surface area contributed by atoms with Gasteiger partial charge in [0.05, 0.1) is 0 Å². The minimum absolute atomic E-state index is 0.131. The second-order valence-corrected chi connectivity index (χ2v) is 8.28. The quantitative estimate of drug-likeness (QED) is 0.650. The third kappa shape index (κ3) is 4.85. The average molecular weight is 367 g/mol. The van der Waals surface area contributed by atoms with E-state index in [1.54, 1.807) is 0 Å². The Morgan fingerprint density at radius 3 is 2.46 bits per heavy atom. The minimum atomic E-state index is 0.131. The fraction of sp³-hybridized carbons (Fsp3) is 0.435. The van der Waals surface area contributed by atoms with Crippen molar-refractivity contribution in [3.05, 3.63) is 64.7 Å². The van der Waals surface area contributed by atoms with Crippen LogP contribution in [0.3, 0.4) is 0 Å². The molecule has 0 unspecified atom stereocenters. The highest BCUT2D eigenvalue weighted by Gasteiger charge is 2.34. The van der Waals surface area contributed by atoms with E-state index in [0.717, 1.165) is 23.6 Å². The van der Waals surface area contributed by atoms with E-state index in [4.69, 9.17) is 12.2 Å². The molecule has 0 amide bonds. The Hall–Kier alpha value is -1.87. The lowest BCUT2D eigenvalue weighted by molar-refractivity contribution is 0.362. The summed E-state index contributed by atoms with van der Waals surface area (Å²) < 4.78 is 0. The van der Waals surface area contributed by atoms with Gasteiger partial charge in [-0.2, -0.15) is 0 Å². The molecule has 1 fully saturated rings. The van der Waals surface area contributed by atoms with Gasteiger partial charge in [-0.1, -0.05) is 54.8 Å². The zero-order valence-corrected chi connectivity index (χ0v) is 17.0. The summed E-state index contributed by atoms with van der Waals surface area (Å²) in [4.78, 5) is 0. The van der Waals surface area contributed by atoms with Crippen LogP contribution >= 0.6 is 12.2 Å². The number of benzene rings is 2. The summed E-state index contributed by atoms with van der Waals surface area (Å²) in [6.07, 6.45) is 7.20. The Balaban J connectivity index is 1.65. The van der Waals surface area contributed by atoms with E-state index in [-0.39, 0.29) is 5.54 Å². The number of rotatable bonds is 5. The Labute approximate surface area is 163 Å². The summed E-state index contributed by atoms with van der Waals surface area (Å²) in [5.41, 5.74) is 6.46. The maximum absolute atomic E-state index is 5.68. The molecule has 0 aliphatic heterocycles. The molecule has 0 bridgehead atoms. The van der Waals surface area contributed by atoms with Gasteiger partial charge in [-0.3, -0.25) is 0 Å². The van der Waals surface area contributed by atoms with E-state index >= 15 is 0 Å². The van der Waals surface area contributed by atoms with Crippen molar-refractivity contribution in [3.63, 3.8) is 0 Å². The Bertz CT molecular complexity index is 776. The molecule has 0 aromatic heterocycles. The van der Waals surface area contributed by atoms with Gasteiger partial charge >= 0.3 is 0 Å². The van der Waals surface area contributed by atoms with E-state index in [0.29, 0.717) is 0 Å². The van der Waals surface area contributed by atoms with Crippen molar-refractivity contribution < 1.29 is 0 Å². The van der Waals surface area contributed by atoms with E-state index < -0.39 is 0 Å². The van der Waals surface area contributed by atoms with Gasteiger partial charge in [-0.25, -0.2) is 0 Å². The van der Waals surface area contributed by atoms with Crippen LogP contribution in [-0.4, -0.2) is 10.7 Å². The highest BCUT2D eigenvalue weighted by Crippen LogP contribution is 2.34. The maximum Gasteiger partial charge on any atom is 0.171 e. The third-order valence-corrected chi connectivity index (χ3v) is 5.76. The lowest BCUT2D eigenvalue weighted by Gasteiger charge is -2.32. The highest BCUT2D eigenvalue weighted by molar-refractivity contribution is 7.80. The van der Waals surface area contributed by atoms with Crippen LogP contribution < -0.4 is 10.6 Å². The molecular formula is C23H30N2S. The fourth-order valence-corrected chi connectivity index (χ4v) is 4.33. The summed E-state index contributed by atoms with van der Waals surface area (Å²) in [7, 11) is 0. The van der Waals surface area contributed by atoms with Crippen molar-refractivity contribution in [2.24, 2.45) is 0 Å². The first-order valence-electron chi connectivity index (χ1n) is 9.68. The van der Waals surface area contributed by atoms with Crippen LogP contribution in [0, 0.1) is 20.8 Å². The van der Waals surface area contributed by atoms with Gasteiger partial charge < -0.3 is 10.6 Å². The molecule has 26 heavy (non-hydrogen) atoms. The van der Waals surface area contributed by atoms with Gasteiger partial charge in [0.1, 0.15) is 0 Å². The Morgan fingerprint density at radius 2 is 1.73 bits per heavy atom. The summed E-state index contributed by atoms with van der Waals surface area (Å²) in [6, 6.07) is 15.3. The van der Waals surface area contributed by atoms with Crippen molar-refractivity contribution in [1.29, 1.82) is 0 Å². The Morgan fingerprint density at radius 1 is 1.00 bits per heavy atom. The first-order chi connectivity index (χ1) is 12.5. The largest absolute Gasteiger partial charge is 0.357 e. The summed E-state index contributed by atoms with van der Waals surface area (Å²) in [5.74, 6) is 0. The third-order valence-electron chi connectivity index (χ3n) is 5.56. The number of nitrogens with one attached hydrogen (secondary N) is 2. The van der Waals surface area contributed by atoms with Crippen molar-refractivity contribution in [1.82, 2.24) is 5.32 Å². The molecule has 3 rings (SSSR count). The van der Waals surface area contributed by atoms with E-state index in [9.17, 15) is 0 Å². The summed E-state index contributed by atoms with van der Waals surface area (Å²) >= 11 is 5.68. The molecule has 138 valence electrons. The van der Waals surface area contributed by atoms with Crippen molar-refractivity contribution >= 4 is 23.0 Å². The van der Waals surface area contributed by atoms with Crippen LogP contribution in [0.1, 0.15) is 54.4 Å². The Kier molecular flexibility index (Phi) is 5.98. The van der Waals surface area contributed by atoms with E-state index in [1.165, 1.54) is 47.9 Å². The molecule has 2 aromatic rings. The fourth-order valence-electron chi connectivity index (χ4n) is 4.01. The second-order valence-electron chi connectivity index (χ2n) is 7.87. The van der Waals surface area contributed by atoms with E-state index in [2.05, 4.69) is 73.9 Å². The van der Waals surface area contributed by atoms with Crippen molar-refractivity contribution in [2.45, 2.75) is 64.8 Å². The first kappa shape index (κ1) is 18.9. The van der Waals surface area contributed by atoms with Crippen LogP contribution in [0.2, 0.25) is 0 Å². The van der Waals surface area contributed by atoms with Crippen molar-refractivity contribution in [2.75, 3.05) is 5.32 Å². The summed E-state index contributed by atoms with van der Waals surface area (Å²) in [5, 5.41) is 7.88. The molecule has 0 radical (unpaired) electrons. The number of thiocarbonyl (C=S) groups is 1. The molecule has 2 aromatic carbocycles. The van der Waals surface area contributed by atoms with Gasteiger partial charge in [-0.15, -0.1) is 0 Å². The predicted molar refractivity (Wildman–Crippen MR) is 116 cm³/mol. The standard InChI is InChI=1S/C23H30N2S/c1-17-7-6-8-20(15-17)11-14-23(12-4-5-13-23)25-22(26)24-21-16-18(2)9-10-19(21)3/h6-10,15-16H,4-5,11-14H2,1-3H3,(H2,24,25,26). The number of hydrogen-bond acceptors (Lipinski definition) is 1. The molecule has 0 heterocycles. The summed E-state index contributed by atoms with van der Waals surface area (Å²) in [6.45, 7) is 6.39. The second kappa shape index (κ2) is 8.22. The predicted octanol–water partition coefficient (Wildman–Crippen LogP) is 5.84. The van der Waals surface area contributed by atoms with Crippen LogP contribution in [0.5, 0.6) is 0 Å². The molecule has 1 saturated carbocycles. The van der Waals surface area contributed by atoms with Gasteiger partial charge in [0.15, 0.2) is 5.11 Å². The molecule has 2 N–H and O–H groups in total. The molecule has 0 atom stereocenters. The smallest absolute Gasteiger partial charge is 0.171 e. The van der Waals surface area contributed by atoms with Gasteiger partial charge in [0, 0.05) is 11.2 Å². The number of anilines is 1. The van der Waals surface area contributed by atoms with Gasteiger partial charge in [0.25, 0.3) is 0 Å². The maximum atomic E-state index is 5.68. The first-order valence-corrected chi connectivity index (χ1v) is 10.1. The molecule has 2 nitrogen and oxygen atoms in total. The van der Waals surface area contributed by atoms with Crippen LogP contribution in [-0.2, 0) is 6.42 Å². The highest BCUT2D eigenvalue weighted by atomic mass is 32.1. The monoisotopic (exact) mass is 366 g/mol. The molecule has 3 heteroatoms. The van der Waals surface area contributed by atoms with Crippen LogP contribution in [0.15, 0.2) is 42.5 Å². The molecule has 0 saturated heterocycles. The van der Waals surface area contributed by atoms with Crippen LogP contribution in [0.25, 0.3) is 0 Å². The zero-order valence-electron chi connectivity index (χ0n) is 16.2. The number of hydrogen-bond donors (Lipinski definition) is 2. The molecule has 0 spiro atoms. The molecular weight excluding hydrogens is 336 g/mol. The lowest BCUT2D eigenvalue weighted by Crippen LogP contribution is -2.48. The van der Waals surface area contributed by atoms with E-state index in [1.807, 2.05) is 0 Å². The lowest BCUT2D eigenvalue weighted by atomic mass is 9.89. The zero-order chi connectivity index (χ0) is 18.6. The SMILES string of the molecule is Cc1cccc(CCC2(NC(=S)Nc3cc(C)ccc3C)CCCC2)c1. The molecule has 1 aliphatic rings. The molecule has 1 aliphatic carbocycles. The van der Waals surface area contributed by atoms with Gasteiger partial charge in [0.2, 0.25) is 0 Å². The minimum Gasteiger partial charge on any atom is -0.357 e. The topological polar surface area (TPSA) is 24.1 Å². The van der Waals surface area contributed by atoms with Crippen LogP contribution in [0.4, 0.5) is 5.69 Å². The average Bonchev–Trinajstić information content (AvgIpc) is 3.05. The normalized spacial score (nSPS) is 15.7. The van der Waals surface area contributed by atoms with Crippen molar-refractivity contribution in [3.8, 4) is 0 Å². The van der Waals surface area contributed by atoms with Gasteiger partial charge in [-0.05, 0) is 81.4 Å². The number of aryl methyl sites for hydroxylation is 4.